The van der Waals surface area contributed by atoms with Gasteiger partial charge >= 0.3 is 0 Å². The van der Waals surface area contributed by atoms with Crippen LogP contribution in [0.4, 0.5) is 8.78 Å². The van der Waals surface area contributed by atoms with Gasteiger partial charge in [0.1, 0.15) is 18.2 Å². The molecule has 2 rings (SSSR count). The van der Waals surface area contributed by atoms with Crippen LogP contribution < -0.4 is 0 Å². The minimum Gasteiger partial charge on any atom is -0.287 e. The molecular formula is C13H8BrF2NO. The Kier molecular flexibility index (Phi) is 3.81. The monoisotopic (exact) mass is 311 g/mol. The van der Waals surface area contributed by atoms with Gasteiger partial charge in [-0.2, -0.15) is 0 Å². The summed E-state index contributed by atoms with van der Waals surface area (Å²) in [5.41, 5.74) is 0.897. The van der Waals surface area contributed by atoms with Crippen molar-refractivity contribution in [1.29, 1.82) is 0 Å². The minimum atomic E-state index is -0.642. The van der Waals surface area contributed by atoms with Gasteiger partial charge in [-0.25, -0.2) is 8.78 Å². The quantitative estimate of drug-likeness (QED) is 0.809. The molecule has 0 bridgehead atoms. The van der Waals surface area contributed by atoms with Gasteiger partial charge in [-0.1, -0.05) is 0 Å². The van der Waals surface area contributed by atoms with Crippen molar-refractivity contribution in [2.45, 2.75) is 6.67 Å². The summed E-state index contributed by atoms with van der Waals surface area (Å²) in [5, 5.41) is 0. The number of hydrogen-bond donors (Lipinski definition) is 0. The molecule has 0 N–H and O–H groups in total. The third-order valence-corrected chi connectivity index (χ3v) is 2.98. The zero-order chi connectivity index (χ0) is 13.1. The molecule has 0 unspecified atom stereocenters. The van der Waals surface area contributed by atoms with Crippen LogP contribution in [0.25, 0.3) is 0 Å². The lowest BCUT2D eigenvalue weighted by Gasteiger charge is -2.04. The normalized spacial score (nSPS) is 10.4. The molecule has 1 heterocycles. The van der Waals surface area contributed by atoms with E-state index < -0.39 is 12.5 Å². The van der Waals surface area contributed by atoms with Crippen LogP contribution in [0.1, 0.15) is 21.6 Å². The van der Waals surface area contributed by atoms with Gasteiger partial charge in [0.15, 0.2) is 0 Å². The lowest BCUT2D eigenvalue weighted by atomic mass is 10.1. The average Bonchev–Trinajstić information content (AvgIpc) is 2.38. The predicted molar refractivity (Wildman–Crippen MR) is 66.6 cm³/mol. The lowest BCUT2D eigenvalue weighted by molar-refractivity contribution is 0.103. The fourth-order valence-electron chi connectivity index (χ4n) is 1.46. The number of pyridine rings is 1. The summed E-state index contributed by atoms with van der Waals surface area (Å²) in [6.07, 6.45) is 1.31. The molecule has 1 aromatic heterocycles. The molecule has 0 aliphatic heterocycles. The molecule has 0 saturated carbocycles. The van der Waals surface area contributed by atoms with Crippen molar-refractivity contribution in [3.05, 3.63) is 63.6 Å². The largest absolute Gasteiger partial charge is 0.287 e. The van der Waals surface area contributed by atoms with Gasteiger partial charge in [0.2, 0.25) is 5.78 Å². The molecule has 18 heavy (non-hydrogen) atoms. The molecule has 2 aromatic rings. The topological polar surface area (TPSA) is 30.0 Å². The minimum absolute atomic E-state index is 0.179. The van der Waals surface area contributed by atoms with E-state index in [2.05, 4.69) is 20.9 Å². The third kappa shape index (κ3) is 2.61. The van der Waals surface area contributed by atoms with E-state index in [1.54, 1.807) is 0 Å². The van der Waals surface area contributed by atoms with Crippen molar-refractivity contribution in [3.8, 4) is 0 Å². The summed E-state index contributed by atoms with van der Waals surface area (Å²) < 4.78 is 25.6. The molecule has 0 saturated heterocycles. The summed E-state index contributed by atoms with van der Waals surface area (Å²) in [7, 11) is 0. The predicted octanol–water partition coefficient (Wildman–Crippen LogP) is 3.68. The first kappa shape index (κ1) is 12.8. The Balaban J connectivity index is 2.37. The van der Waals surface area contributed by atoms with E-state index in [-0.39, 0.29) is 11.5 Å². The maximum atomic E-state index is 12.8. The lowest BCUT2D eigenvalue weighted by Crippen LogP contribution is -2.05. The van der Waals surface area contributed by atoms with E-state index in [0.29, 0.717) is 15.6 Å². The summed E-state index contributed by atoms with van der Waals surface area (Å²) in [6.45, 7) is -0.642. The molecule has 0 radical (unpaired) electrons. The third-order valence-electron chi connectivity index (χ3n) is 2.37. The number of nitrogens with zero attached hydrogens (tertiary/aromatic N) is 1. The van der Waals surface area contributed by atoms with Crippen LogP contribution in [0.3, 0.4) is 0 Å². The summed E-state index contributed by atoms with van der Waals surface area (Å²) >= 11 is 3.18. The smallest absolute Gasteiger partial charge is 0.212 e. The first-order valence-corrected chi connectivity index (χ1v) is 5.92. The molecule has 0 amide bonds. The molecule has 0 atom stereocenters. The first-order valence-electron chi connectivity index (χ1n) is 5.12. The molecule has 0 spiro atoms. The van der Waals surface area contributed by atoms with E-state index in [1.807, 2.05) is 0 Å². The molecule has 5 heteroatoms. The van der Waals surface area contributed by atoms with Crippen LogP contribution >= 0.6 is 15.9 Å². The Morgan fingerprint density at radius 2 is 1.94 bits per heavy atom. The van der Waals surface area contributed by atoms with E-state index in [0.717, 1.165) is 0 Å². The van der Waals surface area contributed by atoms with E-state index in [4.69, 9.17) is 0 Å². The standard InChI is InChI=1S/C13H8BrF2NO/c14-11-5-8(6-15)7-17-12(11)13(18)9-1-3-10(16)4-2-9/h1-5,7H,6H2. The second-order valence-electron chi connectivity index (χ2n) is 3.64. The number of ketones is 1. The highest BCUT2D eigenvalue weighted by Gasteiger charge is 2.14. The fraction of sp³-hybridized carbons (Fsp3) is 0.0769. The van der Waals surface area contributed by atoms with Crippen LogP contribution in [0.5, 0.6) is 0 Å². The number of rotatable bonds is 3. The number of hydrogen-bond acceptors (Lipinski definition) is 2. The van der Waals surface area contributed by atoms with Gasteiger partial charge in [0.25, 0.3) is 0 Å². The van der Waals surface area contributed by atoms with Crippen molar-refractivity contribution in [3.63, 3.8) is 0 Å². The molecular weight excluding hydrogens is 304 g/mol. The first-order chi connectivity index (χ1) is 8.61. The summed E-state index contributed by atoms with van der Waals surface area (Å²) in [6, 6.07) is 6.68. The van der Waals surface area contributed by atoms with Crippen molar-refractivity contribution in [2.75, 3.05) is 0 Å². The van der Waals surface area contributed by atoms with Gasteiger partial charge in [0.05, 0.1) is 0 Å². The highest BCUT2D eigenvalue weighted by atomic mass is 79.9. The van der Waals surface area contributed by atoms with Crippen LogP contribution in [-0.2, 0) is 6.67 Å². The number of alkyl halides is 1. The van der Waals surface area contributed by atoms with Crippen molar-refractivity contribution in [1.82, 2.24) is 4.98 Å². The highest BCUT2D eigenvalue weighted by molar-refractivity contribution is 9.10. The van der Waals surface area contributed by atoms with Crippen LogP contribution in [0.15, 0.2) is 41.0 Å². The Labute approximate surface area is 111 Å². The average molecular weight is 312 g/mol. The SMILES string of the molecule is O=C(c1ccc(F)cc1)c1ncc(CF)cc1Br. The van der Waals surface area contributed by atoms with Gasteiger partial charge in [-0.05, 0) is 46.3 Å². The number of carbonyl (C=O) groups is 1. The zero-order valence-corrected chi connectivity index (χ0v) is 10.7. The molecule has 0 aliphatic carbocycles. The summed E-state index contributed by atoms with van der Waals surface area (Å²) in [4.78, 5) is 16.0. The van der Waals surface area contributed by atoms with E-state index >= 15 is 0 Å². The van der Waals surface area contributed by atoms with Crippen LogP contribution in [0.2, 0.25) is 0 Å². The summed E-state index contributed by atoms with van der Waals surface area (Å²) in [5.74, 6) is -0.751. The van der Waals surface area contributed by atoms with Gasteiger partial charge in [-0.3, -0.25) is 9.78 Å². The second kappa shape index (κ2) is 5.35. The van der Waals surface area contributed by atoms with Gasteiger partial charge < -0.3 is 0 Å². The van der Waals surface area contributed by atoms with E-state index in [9.17, 15) is 13.6 Å². The van der Waals surface area contributed by atoms with E-state index in [1.165, 1.54) is 36.5 Å². The zero-order valence-electron chi connectivity index (χ0n) is 9.16. The molecule has 2 nitrogen and oxygen atoms in total. The van der Waals surface area contributed by atoms with Crippen molar-refractivity contribution >= 4 is 21.7 Å². The maximum absolute atomic E-state index is 12.8. The van der Waals surface area contributed by atoms with Crippen molar-refractivity contribution < 1.29 is 13.6 Å². The molecule has 92 valence electrons. The molecule has 0 fully saturated rings. The van der Waals surface area contributed by atoms with Crippen molar-refractivity contribution in [2.24, 2.45) is 0 Å². The Hall–Kier alpha value is -1.62. The van der Waals surface area contributed by atoms with Crippen LogP contribution in [0, 0.1) is 5.82 Å². The number of aromatic nitrogens is 1. The Morgan fingerprint density at radius 1 is 1.28 bits per heavy atom. The fourth-order valence-corrected chi connectivity index (χ4v) is 2.03. The second-order valence-corrected chi connectivity index (χ2v) is 4.50. The van der Waals surface area contributed by atoms with Gasteiger partial charge in [-0.15, -0.1) is 0 Å². The Morgan fingerprint density at radius 3 is 2.50 bits per heavy atom. The molecule has 1 aromatic carbocycles. The Bertz CT molecular complexity index is 584. The number of carbonyl (C=O) groups excluding carboxylic acids is 1. The molecule has 0 aliphatic rings. The van der Waals surface area contributed by atoms with Crippen LogP contribution in [-0.4, -0.2) is 10.8 Å². The number of benzene rings is 1. The number of halogens is 3. The maximum Gasteiger partial charge on any atom is 0.212 e. The highest BCUT2D eigenvalue weighted by Crippen LogP contribution is 2.20. The van der Waals surface area contributed by atoms with Gasteiger partial charge in [0, 0.05) is 21.8 Å².